The molecule has 28 heavy (non-hydrogen) atoms. The quantitative estimate of drug-likeness (QED) is 0.137. The van der Waals surface area contributed by atoms with E-state index in [1.165, 1.54) is 64.2 Å². The minimum Gasteiger partial charge on any atom is -0.481 e. The Balaban J connectivity index is 3.32. The van der Waals surface area contributed by atoms with Gasteiger partial charge in [-0.1, -0.05) is 82.6 Å². The molecule has 0 aliphatic rings. The number of hydrogen-bond acceptors (Lipinski definition) is 3. The smallest absolute Gasteiger partial charge is 0.305 e. The number of allylic oxidation sites excluding steroid dienone is 3. The summed E-state index contributed by atoms with van der Waals surface area (Å²) in [7, 11) is 0. The lowest BCUT2D eigenvalue weighted by Crippen LogP contribution is -2.05. The SMILES string of the molecule is CCCCCCCCCCC/C=C\C/C=C\CCOC(=O)CCCCC(=O)O. The zero-order valence-corrected chi connectivity index (χ0v) is 18.0. The Labute approximate surface area is 172 Å². The lowest BCUT2D eigenvalue weighted by molar-refractivity contribution is -0.144. The molecule has 0 aromatic carbocycles. The van der Waals surface area contributed by atoms with Gasteiger partial charge in [-0.05, 0) is 38.5 Å². The van der Waals surface area contributed by atoms with Crippen LogP contribution in [0.5, 0.6) is 0 Å². The Hall–Kier alpha value is -1.58. The highest BCUT2D eigenvalue weighted by atomic mass is 16.5. The van der Waals surface area contributed by atoms with Crippen molar-refractivity contribution in [2.45, 2.75) is 110 Å². The first-order valence-corrected chi connectivity index (χ1v) is 11.3. The van der Waals surface area contributed by atoms with Gasteiger partial charge in [0.25, 0.3) is 0 Å². The number of ether oxygens (including phenoxy) is 1. The summed E-state index contributed by atoms with van der Waals surface area (Å²) in [6, 6.07) is 0. The van der Waals surface area contributed by atoms with Gasteiger partial charge in [0.2, 0.25) is 0 Å². The fraction of sp³-hybridized carbons (Fsp3) is 0.750. The van der Waals surface area contributed by atoms with Crippen LogP contribution in [0.25, 0.3) is 0 Å². The summed E-state index contributed by atoms with van der Waals surface area (Å²) in [6.45, 7) is 2.66. The number of rotatable bonds is 20. The van der Waals surface area contributed by atoms with Gasteiger partial charge in [-0.15, -0.1) is 0 Å². The number of unbranched alkanes of at least 4 members (excludes halogenated alkanes) is 10. The third kappa shape index (κ3) is 22.5. The van der Waals surface area contributed by atoms with Crippen molar-refractivity contribution in [1.82, 2.24) is 0 Å². The number of carbonyl (C=O) groups is 2. The van der Waals surface area contributed by atoms with E-state index >= 15 is 0 Å². The molecule has 0 saturated carbocycles. The van der Waals surface area contributed by atoms with Gasteiger partial charge in [0.1, 0.15) is 0 Å². The van der Waals surface area contributed by atoms with Crippen molar-refractivity contribution in [3.63, 3.8) is 0 Å². The van der Waals surface area contributed by atoms with Crippen molar-refractivity contribution in [1.29, 1.82) is 0 Å². The highest BCUT2D eigenvalue weighted by Crippen LogP contribution is 2.10. The van der Waals surface area contributed by atoms with Gasteiger partial charge in [0, 0.05) is 12.8 Å². The zero-order chi connectivity index (χ0) is 20.7. The van der Waals surface area contributed by atoms with Crippen molar-refractivity contribution in [2.24, 2.45) is 0 Å². The molecule has 0 aliphatic heterocycles. The van der Waals surface area contributed by atoms with Crippen molar-refractivity contribution in [3.8, 4) is 0 Å². The topological polar surface area (TPSA) is 63.6 Å². The van der Waals surface area contributed by atoms with Crippen LogP contribution < -0.4 is 0 Å². The summed E-state index contributed by atoms with van der Waals surface area (Å²) in [6.07, 6.45) is 25.3. The van der Waals surface area contributed by atoms with E-state index in [9.17, 15) is 9.59 Å². The molecule has 0 atom stereocenters. The van der Waals surface area contributed by atoms with Crippen molar-refractivity contribution in [2.75, 3.05) is 6.61 Å². The molecule has 0 bridgehead atoms. The summed E-state index contributed by atoms with van der Waals surface area (Å²) in [5, 5.41) is 8.52. The molecule has 0 amide bonds. The molecule has 1 N–H and O–H groups in total. The second kappa shape index (κ2) is 21.7. The van der Waals surface area contributed by atoms with Crippen LogP contribution in [0.4, 0.5) is 0 Å². The third-order valence-corrected chi connectivity index (χ3v) is 4.65. The molecular formula is C24H42O4. The van der Waals surface area contributed by atoms with E-state index in [0.717, 1.165) is 12.8 Å². The molecule has 4 nitrogen and oxygen atoms in total. The highest BCUT2D eigenvalue weighted by Gasteiger charge is 2.03. The van der Waals surface area contributed by atoms with Crippen LogP contribution in [0, 0.1) is 0 Å². The molecule has 0 rings (SSSR count). The van der Waals surface area contributed by atoms with Crippen molar-refractivity contribution >= 4 is 11.9 Å². The van der Waals surface area contributed by atoms with Crippen LogP contribution in [0.3, 0.4) is 0 Å². The zero-order valence-electron chi connectivity index (χ0n) is 18.0. The first-order valence-electron chi connectivity index (χ1n) is 11.3. The van der Waals surface area contributed by atoms with Gasteiger partial charge in [-0.25, -0.2) is 0 Å². The molecule has 0 heterocycles. The van der Waals surface area contributed by atoms with Crippen LogP contribution in [-0.2, 0) is 14.3 Å². The minimum atomic E-state index is -0.819. The molecule has 0 aliphatic carbocycles. The predicted molar refractivity (Wildman–Crippen MR) is 116 cm³/mol. The number of aliphatic carboxylic acids is 1. The molecule has 4 heteroatoms. The van der Waals surface area contributed by atoms with Crippen LogP contribution in [0.2, 0.25) is 0 Å². The third-order valence-electron chi connectivity index (χ3n) is 4.65. The second-order valence-corrected chi connectivity index (χ2v) is 7.41. The minimum absolute atomic E-state index is 0.114. The normalized spacial score (nSPS) is 11.5. The summed E-state index contributed by atoms with van der Waals surface area (Å²) in [5.74, 6) is -1.06. The maximum atomic E-state index is 11.4. The number of esters is 1. The number of carboxylic acid groups (broad SMARTS) is 1. The van der Waals surface area contributed by atoms with Gasteiger partial charge >= 0.3 is 11.9 Å². The monoisotopic (exact) mass is 394 g/mol. The summed E-state index contributed by atoms with van der Waals surface area (Å²) < 4.78 is 5.11. The van der Waals surface area contributed by atoms with Gasteiger partial charge in [-0.2, -0.15) is 0 Å². The van der Waals surface area contributed by atoms with Gasteiger partial charge in [0.15, 0.2) is 0 Å². The Morgan fingerprint density at radius 2 is 1.29 bits per heavy atom. The average molecular weight is 395 g/mol. The van der Waals surface area contributed by atoms with Crippen molar-refractivity contribution < 1.29 is 19.4 Å². The highest BCUT2D eigenvalue weighted by molar-refractivity contribution is 5.69. The average Bonchev–Trinajstić information content (AvgIpc) is 2.67. The number of hydrogen-bond donors (Lipinski definition) is 1. The van der Waals surface area contributed by atoms with Crippen LogP contribution in [0.1, 0.15) is 110 Å². The molecule has 0 radical (unpaired) electrons. The Kier molecular flexibility index (Phi) is 20.5. The standard InChI is InChI=1S/C24H42O4/c1-2-3-4-5-6-7-8-9-10-11-12-13-14-15-16-19-22-28-24(27)21-18-17-20-23(25)26/h12-13,15-16H,2-11,14,17-22H2,1H3,(H,25,26)/b13-12-,16-15-. The van der Waals surface area contributed by atoms with E-state index in [-0.39, 0.29) is 12.4 Å². The van der Waals surface area contributed by atoms with E-state index in [1.54, 1.807) is 0 Å². The van der Waals surface area contributed by atoms with E-state index in [0.29, 0.717) is 25.9 Å². The summed E-state index contributed by atoms with van der Waals surface area (Å²) >= 11 is 0. The van der Waals surface area contributed by atoms with Crippen molar-refractivity contribution in [3.05, 3.63) is 24.3 Å². The molecule has 0 aromatic heterocycles. The van der Waals surface area contributed by atoms with Crippen LogP contribution in [0.15, 0.2) is 24.3 Å². The number of carboxylic acids is 1. The maximum Gasteiger partial charge on any atom is 0.305 e. The molecule has 0 fully saturated rings. The molecule has 0 unspecified atom stereocenters. The van der Waals surface area contributed by atoms with E-state index in [4.69, 9.17) is 9.84 Å². The molecule has 0 aromatic rings. The first-order chi connectivity index (χ1) is 13.7. The maximum absolute atomic E-state index is 11.4. The Bertz CT molecular complexity index is 426. The largest absolute Gasteiger partial charge is 0.481 e. The van der Waals surface area contributed by atoms with E-state index < -0.39 is 5.97 Å². The molecule has 162 valence electrons. The van der Waals surface area contributed by atoms with Crippen LogP contribution in [-0.4, -0.2) is 23.7 Å². The number of carbonyl (C=O) groups excluding carboxylic acids is 1. The lowest BCUT2D eigenvalue weighted by Gasteiger charge is -2.02. The molecule has 0 spiro atoms. The lowest BCUT2D eigenvalue weighted by atomic mass is 10.1. The molecule has 0 saturated heterocycles. The molecular weight excluding hydrogens is 352 g/mol. The fourth-order valence-electron chi connectivity index (χ4n) is 2.94. The summed E-state index contributed by atoms with van der Waals surface area (Å²) in [5.41, 5.74) is 0. The van der Waals surface area contributed by atoms with Gasteiger partial charge in [-0.3, -0.25) is 9.59 Å². The van der Waals surface area contributed by atoms with Gasteiger partial charge < -0.3 is 9.84 Å². The fourth-order valence-corrected chi connectivity index (χ4v) is 2.94. The van der Waals surface area contributed by atoms with E-state index in [1.807, 2.05) is 6.08 Å². The first kappa shape index (κ1) is 26.4. The summed E-state index contributed by atoms with van der Waals surface area (Å²) in [4.78, 5) is 21.8. The predicted octanol–water partition coefficient (Wildman–Crippen LogP) is 6.99. The van der Waals surface area contributed by atoms with Gasteiger partial charge in [0.05, 0.1) is 6.61 Å². The second-order valence-electron chi connectivity index (χ2n) is 7.41. The Morgan fingerprint density at radius 3 is 1.93 bits per heavy atom. The van der Waals surface area contributed by atoms with E-state index in [2.05, 4.69) is 25.2 Å². The Morgan fingerprint density at radius 1 is 0.714 bits per heavy atom. The van der Waals surface area contributed by atoms with Crippen LogP contribution >= 0.6 is 0 Å².